The predicted octanol–water partition coefficient (Wildman–Crippen LogP) is 10.6. The van der Waals surface area contributed by atoms with E-state index in [-0.39, 0.29) is 20.1 Å². The first-order valence-electron chi connectivity index (χ1n) is 14.6. The first-order valence-corrected chi connectivity index (χ1v) is 15.4. The van der Waals surface area contributed by atoms with E-state index in [4.69, 9.17) is 0 Å². The number of fused-ring (bicyclic) bond motifs is 9. The minimum absolute atomic E-state index is 0. The first-order chi connectivity index (χ1) is 21.8. The maximum atomic E-state index is 4.53. The quantitative estimate of drug-likeness (QED) is 0.164. The molecule has 45 heavy (non-hydrogen) atoms. The van der Waals surface area contributed by atoms with E-state index in [1.807, 2.05) is 78.2 Å². The summed E-state index contributed by atoms with van der Waals surface area (Å²) in [5, 5.41) is 7.84. The van der Waals surface area contributed by atoms with Gasteiger partial charge in [0.15, 0.2) is 0 Å². The van der Waals surface area contributed by atoms with E-state index >= 15 is 0 Å². The molecule has 0 aliphatic rings. The van der Waals surface area contributed by atoms with Gasteiger partial charge in [-0.1, -0.05) is 66.0 Å². The van der Waals surface area contributed by atoms with Crippen LogP contribution in [-0.4, -0.2) is 14.4 Å². The molecule has 0 atom stereocenters. The van der Waals surface area contributed by atoms with Crippen LogP contribution < -0.4 is 0 Å². The molecule has 0 amide bonds. The van der Waals surface area contributed by atoms with Gasteiger partial charge in [-0.3, -0.25) is 0 Å². The van der Waals surface area contributed by atoms with Crippen LogP contribution in [0.5, 0.6) is 0 Å². The van der Waals surface area contributed by atoms with E-state index in [1.165, 1.54) is 58.3 Å². The third-order valence-electron chi connectivity index (χ3n) is 8.34. The van der Waals surface area contributed by atoms with Crippen molar-refractivity contribution in [2.24, 2.45) is 0 Å². The van der Waals surface area contributed by atoms with Crippen molar-refractivity contribution < 1.29 is 20.1 Å². The van der Waals surface area contributed by atoms with Gasteiger partial charge in [0.25, 0.3) is 0 Å². The zero-order valence-corrected chi connectivity index (χ0v) is 27.1. The summed E-state index contributed by atoms with van der Waals surface area (Å²) in [7, 11) is 0. The molecule has 0 saturated heterocycles. The normalized spacial score (nSPS) is 11.4. The van der Waals surface area contributed by atoms with E-state index in [1.54, 1.807) is 6.20 Å². The molecule has 0 unspecified atom stereocenters. The van der Waals surface area contributed by atoms with Gasteiger partial charge in [0.05, 0.1) is 5.52 Å². The molecule has 10 aromatic rings. The summed E-state index contributed by atoms with van der Waals surface area (Å²) < 4.78 is 5.12. The van der Waals surface area contributed by atoms with Gasteiger partial charge in [0.2, 0.25) is 0 Å². The summed E-state index contributed by atoms with van der Waals surface area (Å²) in [4.78, 5) is 8.75. The van der Waals surface area contributed by atoms with Crippen molar-refractivity contribution in [1.82, 2.24) is 14.4 Å². The molecule has 5 aromatic heterocycles. The fraction of sp³-hybridized carbons (Fsp3) is 0. The van der Waals surface area contributed by atoms with Gasteiger partial charge in [-0.05, 0) is 52.6 Å². The molecule has 3 nitrogen and oxygen atoms in total. The van der Waals surface area contributed by atoms with Crippen molar-refractivity contribution >= 4 is 69.6 Å². The Morgan fingerprint density at radius 2 is 1.20 bits per heavy atom. The Bertz CT molecular complexity index is 2550. The van der Waals surface area contributed by atoms with Crippen molar-refractivity contribution in [2.45, 2.75) is 0 Å². The third-order valence-corrected chi connectivity index (χ3v) is 9.47. The molecule has 0 N–H and O–H groups in total. The Labute approximate surface area is 277 Å². The molecule has 0 spiro atoms. The number of nitrogens with zero attached hydrogens (tertiary/aromatic N) is 3. The number of rotatable bonds is 2. The number of thiophene rings is 1. The van der Waals surface area contributed by atoms with Crippen LogP contribution in [0.3, 0.4) is 0 Å². The molecule has 5 aromatic carbocycles. The molecule has 10 rings (SSSR count). The van der Waals surface area contributed by atoms with Gasteiger partial charge < -0.3 is 14.4 Å². The number of aromatic nitrogens is 3. The minimum atomic E-state index is 0. The summed E-state index contributed by atoms with van der Waals surface area (Å²) in [5.41, 5.74) is 7.76. The van der Waals surface area contributed by atoms with Crippen molar-refractivity contribution in [3.05, 3.63) is 152 Å². The zero-order valence-electron chi connectivity index (χ0n) is 23.9. The van der Waals surface area contributed by atoms with Crippen molar-refractivity contribution in [2.75, 3.05) is 0 Å². The third kappa shape index (κ3) is 4.51. The summed E-state index contributed by atoms with van der Waals surface area (Å²) in [5.74, 6) is 0. The van der Waals surface area contributed by atoms with Gasteiger partial charge in [0, 0.05) is 69.0 Å². The van der Waals surface area contributed by atoms with E-state index in [0.29, 0.717) is 0 Å². The van der Waals surface area contributed by atoms with Crippen molar-refractivity contribution in [3.8, 4) is 22.5 Å². The molecular weight excluding hydrogens is 747 g/mol. The molecule has 0 aliphatic heterocycles. The monoisotopic (exact) mass is 770 g/mol. The van der Waals surface area contributed by atoms with Gasteiger partial charge >= 0.3 is 0 Å². The maximum Gasteiger partial charge on any atom is 0.0516 e. The fourth-order valence-corrected chi connectivity index (χ4v) is 7.51. The number of hydrogen-bond acceptors (Lipinski definition) is 3. The SMILES string of the molecule is [Ir].[c-]1cc2c(cc1-c1ccccn1)c1cccc3c4cc5sc6ccccc6c5cc4n2c13.[c-]1ccccc1-c1ccccn1. The number of hydrogen-bond donors (Lipinski definition) is 0. The summed E-state index contributed by atoms with van der Waals surface area (Å²) in [6.07, 6.45) is 3.63. The van der Waals surface area contributed by atoms with Gasteiger partial charge in [-0.15, -0.1) is 71.0 Å². The molecule has 1 radical (unpaired) electrons. The van der Waals surface area contributed by atoms with Crippen LogP contribution in [0.25, 0.3) is 80.8 Å². The topological polar surface area (TPSA) is 30.2 Å². The molecule has 0 saturated carbocycles. The van der Waals surface area contributed by atoms with Crippen LogP contribution in [0, 0.1) is 12.1 Å². The Morgan fingerprint density at radius 3 is 1.93 bits per heavy atom. The number of pyridine rings is 2. The second-order valence-electron chi connectivity index (χ2n) is 10.9. The van der Waals surface area contributed by atoms with E-state index < -0.39 is 0 Å². The molecular formula is C40H23IrN3S-2. The van der Waals surface area contributed by atoms with E-state index in [0.717, 1.165) is 22.5 Å². The molecule has 0 fully saturated rings. The van der Waals surface area contributed by atoms with Crippen LogP contribution in [-0.2, 0) is 20.1 Å². The summed E-state index contributed by atoms with van der Waals surface area (Å²) >= 11 is 1.88. The van der Waals surface area contributed by atoms with Crippen LogP contribution >= 0.6 is 11.3 Å². The van der Waals surface area contributed by atoms with E-state index in [9.17, 15) is 0 Å². The Hall–Kier alpha value is -4.93. The van der Waals surface area contributed by atoms with Gasteiger partial charge in [-0.25, -0.2) is 0 Å². The summed E-state index contributed by atoms with van der Waals surface area (Å²) in [6, 6.07) is 50.9. The Morgan fingerprint density at radius 1 is 0.511 bits per heavy atom. The van der Waals surface area contributed by atoms with Gasteiger partial charge in [-0.2, -0.15) is 0 Å². The molecule has 0 aliphatic carbocycles. The van der Waals surface area contributed by atoms with Gasteiger partial charge in [0.1, 0.15) is 0 Å². The maximum absolute atomic E-state index is 4.53. The van der Waals surface area contributed by atoms with Crippen LogP contribution in [0.15, 0.2) is 140 Å². The number of para-hydroxylation sites is 1. The average molecular weight is 770 g/mol. The minimum Gasteiger partial charge on any atom is -0.350 e. The van der Waals surface area contributed by atoms with E-state index in [2.05, 4.69) is 93.2 Å². The zero-order chi connectivity index (χ0) is 29.0. The van der Waals surface area contributed by atoms with Crippen LogP contribution in [0.1, 0.15) is 0 Å². The van der Waals surface area contributed by atoms with Crippen LogP contribution in [0.4, 0.5) is 0 Å². The first kappa shape index (κ1) is 27.6. The number of benzene rings is 5. The van der Waals surface area contributed by atoms with Crippen molar-refractivity contribution in [3.63, 3.8) is 0 Å². The summed E-state index contributed by atoms with van der Waals surface area (Å²) in [6.45, 7) is 0. The van der Waals surface area contributed by atoms with Crippen LogP contribution in [0.2, 0.25) is 0 Å². The molecule has 5 heteroatoms. The average Bonchev–Trinajstić information content (AvgIpc) is 3.75. The molecule has 0 bridgehead atoms. The smallest absolute Gasteiger partial charge is 0.0516 e. The second-order valence-corrected chi connectivity index (χ2v) is 11.9. The molecule has 5 heterocycles. The second kappa shape index (κ2) is 11.2. The largest absolute Gasteiger partial charge is 0.350 e. The van der Waals surface area contributed by atoms with Crippen molar-refractivity contribution in [1.29, 1.82) is 0 Å². The molecule has 215 valence electrons. The standard InChI is InChI=1S/C29H15N2S.C11H8N.Ir/c1-2-10-27-18(6-1)23-15-26-22(16-28(23)32-27)20-8-5-7-19-21-14-17(24-9-3-4-13-30-24)11-12-25(21)31(26)29(19)20;1-2-6-10(7-3-1)11-8-4-5-9-12-11;/h1-10,12-16H;1-6,8-9H;/q2*-1;. The fourth-order valence-electron chi connectivity index (χ4n) is 6.38. The Kier molecular flexibility index (Phi) is 6.88. The predicted molar refractivity (Wildman–Crippen MR) is 185 cm³/mol. The Balaban J connectivity index is 0.000000196.